The minimum atomic E-state index is 0.484. The number of hydrogen-bond donors (Lipinski definition) is 2. The Morgan fingerprint density at radius 1 is 1.60 bits per heavy atom. The van der Waals surface area contributed by atoms with Gasteiger partial charge >= 0.3 is 0 Å². The third kappa shape index (κ3) is 2.92. The van der Waals surface area contributed by atoms with E-state index >= 15 is 0 Å². The largest absolute Gasteiger partial charge is 0.397 e. The summed E-state index contributed by atoms with van der Waals surface area (Å²) in [7, 11) is 0. The maximum atomic E-state index is 6.04. The molecular formula is C10H14ClN3S. The molecule has 0 aromatic carbocycles. The fourth-order valence-electron chi connectivity index (χ4n) is 1.61. The van der Waals surface area contributed by atoms with Crippen molar-refractivity contribution in [1.29, 1.82) is 0 Å². The Bertz CT molecular complexity index is 339. The first-order valence-corrected chi connectivity index (χ1v) is 6.54. The van der Waals surface area contributed by atoms with Crippen molar-refractivity contribution in [3.8, 4) is 0 Å². The van der Waals surface area contributed by atoms with Crippen LogP contribution >= 0.6 is 23.4 Å². The molecule has 0 bridgehead atoms. The van der Waals surface area contributed by atoms with Crippen molar-refractivity contribution in [2.45, 2.75) is 18.9 Å². The van der Waals surface area contributed by atoms with Crippen LogP contribution in [0.2, 0.25) is 5.02 Å². The molecular weight excluding hydrogens is 230 g/mol. The Balaban J connectivity index is 2.03. The molecule has 0 spiro atoms. The Hall–Kier alpha value is -0.610. The van der Waals surface area contributed by atoms with Gasteiger partial charge in [-0.2, -0.15) is 11.8 Å². The van der Waals surface area contributed by atoms with Crippen LogP contribution in [-0.2, 0) is 0 Å². The summed E-state index contributed by atoms with van der Waals surface area (Å²) >= 11 is 8.01. The molecule has 2 heterocycles. The van der Waals surface area contributed by atoms with Crippen LogP contribution in [-0.4, -0.2) is 22.5 Å². The molecule has 15 heavy (non-hydrogen) atoms. The fourth-order valence-corrected chi connectivity index (χ4v) is 2.91. The molecule has 3 nitrogen and oxygen atoms in total. The predicted octanol–water partition coefficient (Wildman–Crippen LogP) is 2.62. The first-order chi connectivity index (χ1) is 7.25. The predicted molar refractivity (Wildman–Crippen MR) is 67.6 cm³/mol. The number of pyridine rings is 1. The third-order valence-corrected chi connectivity index (χ3v) is 3.87. The van der Waals surface area contributed by atoms with E-state index in [9.17, 15) is 0 Å². The van der Waals surface area contributed by atoms with Gasteiger partial charge in [0, 0.05) is 11.8 Å². The number of nitrogen functional groups attached to an aromatic ring is 1. The van der Waals surface area contributed by atoms with Crippen molar-refractivity contribution < 1.29 is 0 Å². The van der Waals surface area contributed by atoms with Crippen molar-refractivity contribution in [3.63, 3.8) is 0 Å². The van der Waals surface area contributed by atoms with Crippen LogP contribution < -0.4 is 11.1 Å². The monoisotopic (exact) mass is 243 g/mol. The van der Waals surface area contributed by atoms with E-state index in [1.807, 2.05) is 11.8 Å². The summed E-state index contributed by atoms with van der Waals surface area (Å²) in [6, 6.07) is 2.21. The zero-order chi connectivity index (χ0) is 10.7. The number of rotatable bonds is 2. The second-order valence-corrected chi connectivity index (χ2v) is 5.21. The van der Waals surface area contributed by atoms with Crippen LogP contribution in [0.15, 0.2) is 12.3 Å². The number of anilines is 2. The van der Waals surface area contributed by atoms with E-state index in [2.05, 4.69) is 10.3 Å². The van der Waals surface area contributed by atoms with E-state index in [1.165, 1.54) is 18.6 Å². The van der Waals surface area contributed by atoms with E-state index in [0.29, 0.717) is 16.8 Å². The van der Waals surface area contributed by atoms with Crippen LogP contribution in [0.4, 0.5) is 11.5 Å². The molecule has 1 unspecified atom stereocenters. The number of nitrogens with zero attached hydrogens (tertiary/aromatic N) is 1. The highest BCUT2D eigenvalue weighted by atomic mass is 35.5. The lowest BCUT2D eigenvalue weighted by Crippen LogP contribution is -2.26. The Morgan fingerprint density at radius 2 is 2.47 bits per heavy atom. The third-order valence-electron chi connectivity index (χ3n) is 2.36. The highest BCUT2D eigenvalue weighted by molar-refractivity contribution is 7.99. The van der Waals surface area contributed by atoms with Crippen LogP contribution in [0.3, 0.4) is 0 Å². The normalized spacial score (nSPS) is 21.3. The standard InChI is InChI=1S/C10H14ClN3S/c11-9-4-7(12)5-13-10(9)14-8-2-1-3-15-6-8/h4-5,8H,1-3,6,12H2,(H,13,14). The molecule has 1 aromatic rings. The Labute approximate surface area is 98.8 Å². The molecule has 0 amide bonds. The molecule has 1 aromatic heterocycles. The molecule has 1 atom stereocenters. The van der Waals surface area contributed by atoms with Crippen LogP contribution in [0.1, 0.15) is 12.8 Å². The van der Waals surface area contributed by atoms with Crippen molar-refractivity contribution in [2.75, 3.05) is 22.6 Å². The second kappa shape index (κ2) is 4.94. The molecule has 0 aliphatic carbocycles. The molecule has 2 rings (SSSR count). The quantitative estimate of drug-likeness (QED) is 0.839. The summed E-state index contributed by atoms with van der Waals surface area (Å²) in [5.41, 5.74) is 6.18. The number of hydrogen-bond acceptors (Lipinski definition) is 4. The Morgan fingerprint density at radius 3 is 3.13 bits per heavy atom. The molecule has 0 saturated carbocycles. The summed E-state index contributed by atoms with van der Waals surface area (Å²) in [5, 5.41) is 3.96. The van der Waals surface area contributed by atoms with E-state index < -0.39 is 0 Å². The number of halogens is 1. The van der Waals surface area contributed by atoms with Crippen molar-refractivity contribution in [2.24, 2.45) is 0 Å². The zero-order valence-electron chi connectivity index (χ0n) is 8.37. The molecule has 5 heteroatoms. The topological polar surface area (TPSA) is 50.9 Å². The molecule has 1 aliphatic rings. The van der Waals surface area contributed by atoms with Gasteiger partial charge in [-0.15, -0.1) is 0 Å². The fraction of sp³-hybridized carbons (Fsp3) is 0.500. The minimum absolute atomic E-state index is 0.484. The first-order valence-electron chi connectivity index (χ1n) is 5.01. The smallest absolute Gasteiger partial charge is 0.145 e. The summed E-state index contributed by atoms with van der Waals surface area (Å²) < 4.78 is 0. The van der Waals surface area contributed by atoms with Crippen LogP contribution in [0.25, 0.3) is 0 Å². The average molecular weight is 244 g/mol. The number of thioether (sulfide) groups is 1. The highest BCUT2D eigenvalue weighted by Crippen LogP contribution is 2.25. The number of nitrogens with one attached hydrogen (secondary N) is 1. The number of nitrogens with two attached hydrogens (primary N) is 1. The summed E-state index contributed by atoms with van der Waals surface area (Å²) in [6.45, 7) is 0. The van der Waals surface area contributed by atoms with Gasteiger partial charge in [0.05, 0.1) is 16.9 Å². The Kier molecular flexibility index (Phi) is 3.59. The van der Waals surface area contributed by atoms with Gasteiger partial charge in [0.1, 0.15) is 5.82 Å². The lowest BCUT2D eigenvalue weighted by Gasteiger charge is -2.23. The maximum absolute atomic E-state index is 6.04. The molecule has 82 valence electrons. The van der Waals surface area contributed by atoms with E-state index in [1.54, 1.807) is 12.3 Å². The van der Waals surface area contributed by atoms with E-state index in [0.717, 1.165) is 11.6 Å². The van der Waals surface area contributed by atoms with Crippen molar-refractivity contribution in [1.82, 2.24) is 4.98 Å². The number of aromatic nitrogens is 1. The van der Waals surface area contributed by atoms with Crippen LogP contribution in [0.5, 0.6) is 0 Å². The maximum Gasteiger partial charge on any atom is 0.145 e. The molecule has 1 aliphatic heterocycles. The van der Waals surface area contributed by atoms with Gasteiger partial charge in [-0.1, -0.05) is 11.6 Å². The summed E-state index contributed by atoms with van der Waals surface area (Å²) in [6.07, 6.45) is 4.08. The summed E-state index contributed by atoms with van der Waals surface area (Å²) in [5.74, 6) is 3.14. The van der Waals surface area contributed by atoms with Gasteiger partial charge < -0.3 is 11.1 Å². The van der Waals surface area contributed by atoms with E-state index in [-0.39, 0.29) is 0 Å². The van der Waals surface area contributed by atoms with Gasteiger partial charge in [-0.25, -0.2) is 4.98 Å². The average Bonchev–Trinajstić information content (AvgIpc) is 2.24. The zero-order valence-corrected chi connectivity index (χ0v) is 9.94. The molecule has 1 fully saturated rings. The highest BCUT2D eigenvalue weighted by Gasteiger charge is 2.15. The molecule has 1 saturated heterocycles. The lowest BCUT2D eigenvalue weighted by molar-refractivity contribution is 0.682. The van der Waals surface area contributed by atoms with Crippen molar-refractivity contribution in [3.05, 3.63) is 17.3 Å². The van der Waals surface area contributed by atoms with Crippen LogP contribution in [0, 0.1) is 0 Å². The van der Waals surface area contributed by atoms with Gasteiger partial charge in [0.2, 0.25) is 0 Å². The summed E-state index contributed by atoms with van der Waals surface area (Å²) in [4.78, 5) is 4.19. The first kappa shape index (κ1) is 10.9. The SMILES string of the molecule is Nc1cnc(NC2CCCSC2)c(Cl)c1. The molecule has 0 radical (unpaired) electrons. The lowest BCUT2D eigenvalue weighted by atomic mass is 10.2. The minimum Gasteiger partial charge on any atom is -0.397 e. The van der Waals surface area contributed by atoms with Gasteiger partial charge in [0.25, 0.3) is 0 Å². The van der Waals surface area contributed by atoms with E-state index in [4.69, 9.17) is 17.3 Å². The second-order valence-electron chi connectivity index (χ2n) is 3.66. The van der Waals surface area contributed by atoms with Gasteiger partial charge in [-0.3, -0.25) is 0 Å². The van der Waals surface area contributed by atoms with Gasteiger partial charge in [-0.05, 0) is 24.7 Å². The molecule has 3 N–H and O–H groups in total. The van der Waals surface area contributed by atoms with Crippen molar-refractivity contribution >= 4 is 34.9 Å². The van der Waals surface area contributed by atoms with Gasteiger partial charge in [0.15, 0.2) is 0 Å².